The van der Waals surface area contributed by atoms with Crippen LogP contribution >= 0.6 is 0 Å². The third kappa shape index (κ3) is 5.03. The third-order valence-electron chi connectivity index (χ3n) is 6.50. The summed E-state index contributed by atoms with van der Waals surface area (Å²) in [4.78, 5) is 16.2. The van der Waals surface area contributed by atoms with E-state index >= 15 is 0 Å². The van der Waals surface area contributed by atoms with E-state index in [1.165, 1.54) is 17.2 Å². The van der Waals surface area contributed by atoms with E-state index in [0.29, 0.717) is 18.7 Å². The Hall–Kier alpha value is -2.70. The lowest BCUT2D eigenvalue weighted by Crippen LogP contribution is -2.54. The first kappa shape index (κ1) is 22.5. The highest BCUT2D eigenvalue weighted by atomic mass is 19.1. The fourth-order valence-corrected chi connectivity index (χ4v) is 4.59. The summed E-state index contributed by atoms with van der Waals surface area (Å²) in [6, 6.07) is 11.7. The summed E-state index contributed by atoms with van der Waals surface area (Å²) in [7, 11) is 0. The fraction of sp³-hybridized carbons (Fsp3) is 0.423. The van der Waals surface area contributed by atoms with E-state index < -0.39 is 0 Å². The minimum Gasteiger partial charge on any atom is -0.484 e. The molecule has 4 rings (SSSR count). The molecule has 2 aliphatic rings. The Bertz CT molecular complexity index is 993. The summed E-state index contributed by atoms with van der Waals surface area (Å²) in [5.74, 6) is 0.557. The van der Waals surface area contributed by atoms with Crippen LogP contribution in [0.25, 0.3) is 0 Å². The predicted octanol–water partition coefficient (Wildman–Crippen LogP) is 3.62. The molecule has 2 aliphatic heterocycles. The van der Waals surface area contributed by atoms with Crippen molar-refractivity contribution >= 4 is 5.91 Å². The highest BCUT2D eigenvalue weighted by Gasteiger charge is 2.28. The number of nitrogens with zero attached hydrogens (tertiary/aromatic N) is 2. The molecule has 0 saturated carbocycles. The lowest BCUT2D eigenvalue weighted by molar-refractivity contribution is -0.130. The smallest absolute Gasteiger partial charge is 0.246 e. The van der Waals surface area contributed by atoms with Gasteiger partial charge in [-0.25, -0.2) is 4.39 Å². The number of halogens is 1. The molecule has 32 heavy (non-hydrogen) atoms. The SMILES string of the molecule is C=CC(=O)N1CCN(C[C@@H](Oc2ccc3c(c2)CCNC3)c2ccc(C)c(F)c2)C[C@H]1C. The average Bonchev–Trinajstić information content (AvgIpc) is 2.80. The van der Waals surface area contributed by atoms with Gasteiger partial charge in [0.1, 0.15) is 17.7 Å². The van der Waals surface area contributed by atoms with E-state index in [4.69, 9.17) is 4.74 Å². The van der Waals surface area contributed by atoms with Gasteiger partial charge >= 0.3 is 0 Å². The summed E-state index contributed by atoms with van der Waals surface area (Å²) in [5.41, 5.74) is 4.06. The molecule has 0 bridgehead atoms. The Morgan fingerprint density at radius 2 is 2.12 bits per heavy atom. The van der Waals surface area contributed by atoms with Crippen LogP contribution in [0.15, 0.2) is 49.1 Å². The van der Waals surface area contributed by atoms with Crippen LogP contribution in [-0.2, 0) is 17.8 Å². The van der Waals surface area contributed by atoms with E-state index in [1.807, 2.05) is 30.0 Å². The minimum absolute atomic E-state index is 0.0332. The van der Waals surface area contributed by atoms with Crippen LogP contribution in [-0.4, -0.2) is 54.5 Å². The van der Waals surface area contributed by atoms with Crippen LogP contribution < -0.4 is 10.1 Å². The highest BCUT2D eigenvalue weighted by molar-refractivity contribution is 5.87. The van der Waals surface area contributed by atoms with Gasteiger partial charge in [0.2, 0.25) is 5.91 Å². The van der Waals surface area contributed by atoms with Crippen molar-refractivity contribution in [3.05, 3.63) is 77.1 Å². The highest BCUT2D eigenvalue weighted by Crippen LogP contribution is 2.28. The van der Waals surface area contributed by atoms with Gasteiger partial charge in [-0.1, -0.05) is 24.8 Å². The number of fused-ring (bicyclic) bond motifs is 1. The van der Waals surface area contributed by atoms with Crippen LogP contribution in [0, 0.1) is 12.7 Å². The standard InChI is InChI=1S/C26H32FN3O2/c1-4-26(31)30-12-11-29(16-19(30)3)17-25(21-6-5-18(2)24(27)14-21)32-23-8-7-22-15-28-10-9-20(22)13-23/h4-8,13-14,19,25,28H,1,9-12,15-17H2,2-3H3/t19-,25-/m1/s1. The van der Waals surface area contributed by atoms with Gasteiger partial charge in [-0.3, -0.25) is 9.69 Å². The van der Waals surface area contributed by atoms with E-state index in [0.717, 1.165) is 43.9 Å². The average molecular weight is 438 g/mol. The van der Waals surface area contributed by atoms with Crippen molar-refractivity contribution in [1.29, 1.82) is 0 Å². The van der Waals surface area contributed by atoms with Crippen molar-refractivity contribution in [2.75, 3.05) is 32.7 Å². The molecule has 0 unspecified atom stereocenters. The Kier molecular flexibility index (Phi) is 6.92. The van der Waals surface area contributed by atoms with Gasteiger partial charge in [0.05, 0.1) is 0 Å². The number of benzene rings is 2. The number of hydrogen-bond donors (Lipinski definition) is 1. The van der Waals surface area contributed by atoms with Crippen LogP contribution in [0.5, 0.6) is 5.75 Å². The molecule has 0 aliphatic carbocycles. The van der Waals surface area contributed by atoms with E-state index in [9.17, 15) is 9.18 Å². The number of rotatable bonds is 6. The van der Waals surface area contributed by atoms with Crippen molar-refractivity contribution in [3.8, 4) is 5.75 Å². The minimum atomic E-state index is -0.307. The number of piperazine rings is 1. The van der Waals surface area contributed by atoms with Crippen LogP contribution in [0.1, 0.15) is 35.3 Å². The predicted molar refractivity (Wildman–Crippen MR) is 124 cm³/mol. The normalized spacial score (nSPS) is 19.8. The molecular formula is C26H32FN3O2. The largest absolute Gasteiger partial charge is 0.484 e. The molecule has 0 spiro atoms. The van der Waals surface area contributed by atoms with Gasteiger partial charge in [-0.2, -0.15) is 0 Å². The zero-order valence-electron chi connectivity index (χ0n) is 18.9. The summed E-state index contributed by atoms with van der Waals surface area (Å²) in [5, 5.41) is 3.39. The van der Waals surface area contributed by atoms with Crippen LogP contribution in [0.2, 0.25) is 0 Å². The second-order valence-electron chi connectivity index (χ2n) is 8.82. The summed E-state index contributed by atoms with van der Waals surface area (Å²) >= 11 is 0. The number of ether oxygens (including phenoxy) is 1. The molecule has 5 nitrogen and oxygen atoms in total. The number of hydrogen-bond acceptors (Lipinski definition) is 4. The number of aryl methyl sites for hydroxylation is 1. The first-order valence-corrected chi connectivity index (χ1v) is 11.3. The molecule has 1 saturated heterocycles. The molecule has 1 amide bonds. The first-order valence-electron chi connectivity index (χ1n) is 11.3. The van der Waals surface area contributed by atoms with Crippen molar-refractivity contribution < 1.29 is 13.9 Å². The zero-order valence-corrected chi connectivity index (χ0v) is 18.9. The maximum Gasteiger partial charge on any atom is 0.246 e. The van der Waals surface area contributed by atoms with Crippen molar-refractivity contribution in [3.63, 3.8) is 0 Å². The summed E-state index contributed by atoms with van der Waals surface area (Å²) in [6.45, 7) is 12.0. The molecule has 1 fully saturated rings. The molecule has 170 valence electrons. The maximum atomic E-state index is 14.4. The molecule has 0 radical (unpaired) electrons. The van der Waals surface area contributed by atoms with Gasteiger partial charge in [-0.15, -0.1) is 0 Å². The third-order valence-corrected chi connectivity index (χ3v) is 6.50. The number of nitrogens with one attached hydrogen (secondary N) is 1. The van der Waals surface area contributed by atoms with Crippen LogP contribution in [0.3, 0.4) is 0 Å². The molecule has 0 aromatic heterocycles. The number of amides is 1. The second kappa shape index (κ2) is 9.84. The molecular weight excluding hydrogens is 405 g/mol. The van der Waals surface area contributed by atoms with E-state index in [1.54, 1.807) is 13.0 Å². The van der Waals surface area contributed by atoms with E-state index in [-0.39, 0.29) is 23.9 Å². The Morgan fingerprint density at radius 1 is 1.28 bits per heavy atom. The maximum absolute atomic E-state index is 14.4. The van der Waals surface area contributed by atoms with Gasteiger partial charge < -0.3 is 15.0 Å². The van der Waals surface area contributed by atoms with Gasteiger partial charge in [-0.05, 0) is 73.3 Å². The van der Waals surface area contributed by atoms with Gasteiger partial charge in [0.15, 0.2) is 0 Å². The lowest BCUT2D eigenvalue weighted by atomic mass is 10.0. The Labute approximate surface area is 189 Å². The number of carbonyl (C=O) groups excluding carboxylic acids is 1. The molecule has 2 heterocycles. The lowest BCUT2D eigenvalue weighted by Gasteiger charge is -2.40. The van der Waals surface area contributed by atoms with Gasteiger partial charge in [0.25, 0.3) is 0 Å². The zero-order chi connectivity index (χ0) is 22.7. The van der Waals surface area contributed by atoms with Crippen molar-refractivity contribution in [2.24, 2.45) is 0 Å². The monoisotopic (exact) mass is 437 g/mol. The van der Waals surface area contributed by atoms with Crippen molar-refractivity contribution in [1.82, 2.24) is 15.1 Å². The summed E-state index contributed by atoms with van der Waals surface area (Å²) in [6.07, 6.45) is 2.05. The molecule has 2 atom stereocenters. The fourth-order valence-electron chi connectivity index (χ4n) is 4.59. The quantitative estimate of drug-likeness (QED) is 0.702. The Balaban J connectivity index is 1.54. The molecule has 2 aromatic rings. The second-order valence-corrected chi connectivity index (χ2v) is 8.82. The molecule has 2 aromatic carbocycles. The first-order chi connectivity index (χ1) is 15.4. The topological polar surface area (TPSA) is 44.8 Å². The Morgan fingerprint density at radius 3 is 2.88 bits per heavy atom. The number of carbonyl (C=O) groups is 1. The van der Waals surface area contributed by atoms with E-state index in [2.05, 4.69) is 28.9 Å². The van der Waals surface area contributed by atoms with Crippen molar-refractivity contribution in [2.45, 2.75) is 39.0 Å². The molecule has 1 N–H and O–H groups in total. The summed E-state index contributed by atoms with van der Waals surface area (Å²) < 4.78 is 20.9. The van der Waals surface area contributed by atoms with Gasteiger partial charge in [0, 0.05) is 38.8 Å². The molecule has 6 heteroatoms. The van der Waals surface area contributed by atoms with Crippen LogP contribution in [0.4, 0.5) is 4.39 Å².